The van der Waals surface area contributed by atoms with Crippen LogP contribution in [-0.2, 0) is 11.3 Å². The normalized spacial score (nSPS) is 13.5. The van der Waals surface area contributed by atoms with Crippen molar-refractivity contribution < 1.29 is 14.0 Å². The maximum atomic E-state index is 12.4. The molecule has 0 bridgehead atoms. The Labute approximate surface area is 191 Å². The first-order valence-electron chi connectivity index (χ1n) is 10.8. The molecule has 0 spiro atoms. The van der Waals surface area contributed by atoms with Gasteiger partial charge in [-0.05, 0) is 50.5 Å². The minimum Gasteiger partial charge on any atom is -0.467 e. The van der Waals surface area contributed by atoms with Crippen molar-refractivity contribution in [3.63, 3.8) is 0 Å². The fourth-order valence-electron chi connectivity index (χ4n) is 3.74. The van der Waals surface area contributed by atoms with Crippen LogP contribution < -0.4 is 10.2 Å². The molecule has 0 saturated carbocycles. The highest BCUT2D eigenvalue weighted by Gasteiger charge is 2.22. The van der Waals surface area contributed by atoms with Gasteiger partial charge < -0.3 is 14.6 Å². The predicted molar refractivity (Wildman–Crippen MR) is 124 cm³/mol. The molecule has 3 aromatic rings. The van der Waals surface area contributed by atoms with Crippen LogP contribution in [0.2, 0.25) is 0 Å². The highest BCUT2D eigenvalue weighted by Crippen LogP contribution is 2.26. The number of nitrogens with zero attached hydrogens (tertiary/aromatic N) is 4. The number of ketones is 1. The molecule has 0 unspecified atom stereocenters. The van der Waals surface area contributed by atoms with E-state index in [9.17, 15) is 9.59 Å². The molecule has 168 valence electrons. The maximum absolute atomic E-state index is 12.4. The third kappa shape index (κ3) is 5.40. The van der Waals surface area contributed by atoms with E-state index in [2.05, 4.69) is 25.0 Å². The molecule has 4 rings (SSSR count). The lowest BCUT2D eigenvalue weighted by Gasteiger charge is -2.17. The third-order valence-electron chi connectivity index (χ3n) is 5.34. The molecule has 2 aromatic heterocycles. The minimum atomic E-state index is -0.103. The van der Waals surface area contributed by atoms with Crippen LogP contribution in [0.1, 0.15) is 48.7 Å². The number of thioether (sulfide) groups is 1. The van der Waals surface area contributed by atoms with Gasteiger partial charge in [0.2, 0.25) is 11.9 Å². The van der Waals surface area contributed by atoms with Crippen LogP contribution in [-0.4, -0.2) is 45.3 Å². The van der Waals surface area contributed by atoms with Crippen LogP contribution in [0, 0.1) is 0 Å². The van der Waals surface area contributed by atoms with Crippen LogP contribution in [0.4, 0.5) is 11.6 Å². The molecule has 9 heteroatoms. The summed E-state index contributed by atoms with van der Waals surface area (Å²) in [5.41, 5.74) is 1.08. The smallest absolute Gasteiger partial charge is 0.228 e. The number of amides is 1. The monoisotopic (exact) mass is 453 g/mol. The molecule has 1 saturated heterocycles. The van der Waals surface area contributed by atoms with E-state index in [1.165, 1.54) is 6.92 Å². The number of carbonyl (C=O) groups excluding carboxylic acids is 2. The van der Waals surface area contributed by atoms with Gasteiger partial charge in [0, 0.05) is 30.8 Å². The standard InChI is InChI=1S/C23H27N5O3S/c1-17(29)19-9-2-3-10-20(19)24-21(30)11-7-15-32-23-26-25-22(27-12-4-5-13-27)28(23)16-18-8-6-14-31-18/h2-3,6,8-10,14H,4-5,7,11-13,15-16H2,1H3,(H,24,30). The zero-order valence-electron chi connectivity index (χ0n) is 18.1. The molecule has 1 aliphatic heterocycles. The molecule has 1 aromatic carbocycles. The Hall–Kier alpha value is -3.07. The molecule has 0 aliphatic carbocycles. The molecular weight excluding hydrogens is 426 g/mol. The second kappa shape index (κ2) is 10.5. The molecule has 1 amide bonds. The Morgan fingerprint density at radius 3 is 2.69 bits per heavy atom. The molecule has 1 N–H and O–H groups in total. The Bertz CT molecular complexity index is 1060. The first kappa shape index (κ1) is 22.1. The van der Waals surface area contributed by atoms with Gasteiger partial charge in [-0.25, -0.2) is 0 Å². The van der Waals surface area contributed by atoms with E-state index in [1.54, 1.807) is 36.2 Å². The lowest BCUT2D eigenvalue weighted by Crippen LogP contribution is -2.22. The first-order chi connectivity index (χ1) is 15.6. The number of benzene rings is 1. The van der Waals surface area contributed by atoms with Gasteiger partial charge in [-0.2, -0.15) is 0 Å². The van der Waals surface area contributed by atoms with Crippen LogP contribution in [0.15, 0.2) is 52.2 Å². The van der Waals surface area contributed by atoms with Gasteiger partial charge in [0.15, 0.2) is 10.9 Å². The molecule has 8 nitrogen and oxygen atoms in total. The fraction of sp³-hybridized carbons (Fsp3) is 0.391. The number of Topliss-reactive ketones (excluding diaryl/α,β-unsaturated/α-hetero) is 1. The van der Waals surface area contributed by atoms with E-state index in [1.807, 2.05) is 18.2 Å². The van der Waals surface area contributed by atoms with Crippen molar-refractivity contribution in [3.8, 4) is 0 Å². The van der Waals surface area contributed by atoms with E-state index in [0.717, 1.165) is 48.5 Å². The average molecular weight is 454 g/mol. The van der Waals surface area contributed by atoms with E-state index in [0.29, 0.717) is 30.6 Å². The molecule has 0 atom stereocenters. The number of aromatic nitrogens is 3. The van der Waals surface area contributed by atoms with Crippen LogP contribution in [0.5, 0.6) is 0 Å². The lowest BCUT2D eigenvalue weighted by atomic mass is 10.1. The first-order valence-corrected chi connectivity index (χ1v) is 11.8. The summed E-state index contributed by atoms with van der Waals surface area (Å²) in [5, 5.41) is 12.5. The van der Waals surface area contributed by atoms with E-state index >= 15 is 0 Å². The van der Waals surface area contributed by atoms with E-state index < -0.39 is 0 Å². The number of hydrogen-bond donors (Lipinski definition) is 1. The van der Waals surface area contributed by atoms with Crippen LogP contribution >= 0.6 is 11.8 Å². The summed E-state index contributed by atoms with van der Waals surface area (Å²) in [6.07, 6.45) is 5.05. The van der Waals surface area contributed by atoms with Gasteiger partial charge in [0.05, 0.1) is 18.5 Å². The van der Waals surface area contributed by atoms with Crippen molar-refractivity contribution in [2.24, 2.45) is 0 Å². The Balaban J connectivity index is 1.34. The third-order valence-corrected chi connectivity index (χ3v) is 6.39. The molecule has 3 heterocycles. The summed E-state index contributed by atoms with van der Waals surface area (Å²) in [6, 6.07) is 10.9. The van der Waals surface area contributed by atoms with Crippen LogP contribution in [0.3, 0.4) is 0 Å². The predicted octanol–water partition coefficient (Wildman–Crippen LogP) is 4.23. The van der Waals surface area contributed by atoms with Crippen molar-refractivity contribution in [1.29, 1.82) is 0 Å². The van der Waals surface area contributed by atoms with Crippen molar-refractivity contribution in [1.82, 2.24) is 14.8 Å². The summed E-state index contributed by atoms with van der Waals surface area (Å²) in [6.45, 7) is 4.05. The maximum Gasteiger partial charge on any atom is 0.228 e. The van der Waals surface area contributed by atoms with Crippen molar-refractivity contribution >= 4 is 35.1 Å². The number of furan rings is 1. The summed E-state index contributed by atoms with van der Waals surface area (Å²) >= 11 is 1.59. The van der Waals surface area contributed by atoms with Crippen LogP contribution in [0.25, 0.3) is 0 Å². The van der Waals surface area contributed by atoms with E-state index in [-0.39, 0.29) is 11.7 Å². The van der Waals surface area contributed by atoms with Gasteiger partial charge in [0.1, 0.15) is 5.76 Å². The molecule has 1 aliphatic rings. The van der Waals surface area contributed by atoms with Crippen molar-refractivity contribution in [2.75, 3.05) is 29.1 Å². The summed E-state index contributed by atoms with van der Waals surface area (Å²) in [7, 11) is 0. The zero-order chi connectivity index (χ0) is 22.3. The quantitative estimate of drug-likeness (QED) is 0.279. The van der Waals surface area contributed by atoms with Crippen molar-refractivity contribution in [2.45, 2.75) is 44.3 Å². The summed E-state index contributed by atoms with van der Waals surface area (Å²) in [5.74, 6) is 2.30. The average Bonchev–Trinajstić information content (AvgIpc) is 3.55. The zero-order valence-corrected chi connectivity index (χ0v) is 18.9. The molecule has 32 heavy (non-hydrogen) atoms. The van der Waals surface area contributed by atoms with Gasteiger partial charge >= 0.3 is 0 Å². The SMILES string of the molecule is CC(=O)c1ccccc1NC(=O)CCCSc1nnc(N2CCCC2)n1Cc1ccco1. The molecule has 0 radical (unpaired) electrons. The number of rotatable bonds is 10. The van der Waals surface area contributed by atoms with Gasteiger partial charge in [0.25, 0.3) is 0 Å². The van der Waals surface area contributed by atoms with Gasteiger partial charge in [-0.3, -0.25) is 14.2 Å². The molecular formula is C23H27N5O3S. The number of para-hydroxylation sites is 1. The minimum absolute atomic E-state index is 0.0684. The number of nitrogens with one attached hydrogen (secondary N) is 1. The second-order valence-electron chi connectivity index (χ2n) is 7.74. The Morgan fingerprint density at radius 2 is 1.94 bits per heavy atom. The Kier molecular flexibility index (Phi) is 7.26. The Morgan fingerprint density at radius 1 is 1.12 bits per heavy atom. The largest absolute Gasteiger partial charge is 0.467 e. The van der Waals surface area contributed by atoms with Gasteiger partial charge in [-0.15, -0.1) is 10.2 Å². The lowest BCUT2D eigenvalue weighted by molar-refractivity contribution is -0.116. The second-order valence-corrected chi connectivity index (χ2v) is 8.81. The number of carbonyl (C=O) groups is 2. The summed E-state index contributed by atoms with van der Waals surface area (Å²) < 4.78 is 7.63. The van der Waals surface area contributed by atoms with E-state index in [4.69, 9.17) is 4.42 Å². The summed E-state index contributed by atoms with van der Waals surface area (Å²) in [4.78, 5) is 26.4. The fourth-order valence-corrected chi connectivity index (χ4v) is 4.62. The van der Waals surface area contributed by atoms with Crippen molar-refractivity contribution in [3.05, 3.63) is 54.0 Å². The number of hydrogen-bond acceptors (Lipinski definition) is 7. The number of anilines is 2. The topological polar surface area (TPSA) is 93.3 Å². The van der Waals surface area contributed by atoms with Gasteiger partial charge in [-0.1, -0.05) is 23.9 Å². The molecule has 1 fully saturated rings. The highest BCUT2D eigenvalue weighted by atomic mass is 32.2. The highest BCUT2D eigenvalue weighted by molar-refractivity contribution is 7.99.